The van der Waals surface area contributed by atoms with Gasteiger partial charge in [-0.25, -0.2) is 0 Å². The van der Waals surface area contributed by atoms with Crippen molar-refractivity contribution in [1.82, 2.24) is 0 Å². The number of nitrogens with two attached hydrogens (primary N) is 1. The fourth-order valence-electron chi connectivity index (χ4n) is 1.91. The standard InChI is InChI=1S/C15H15ClIN3O/c1-20(2)14-6-4-10(18)8-11(14)15(21)19-13-5-3-9(17)7-12(13)16/h3-8H,18H2,1-2H3,(H,19,21). The molecular formula is C15H15ClIN3O. The molecular weight excluding hydrogens is 401 g/mol. The fourth-order valence-corrected chi connectivity index (χ4v) is 2.81. The van der Waals surface area contributed by atoms with Crippen LogP contribution in [-0.2, 0) is 0 Å². The van der Waals surface area contributed by atoms with Crippen LogP contribution in [0.1, 0.15) is 10.4 Å². The van der Waals surface area contributed by atoms with Crippen LogP contribution in [-0.4, -0.2) is 20.0 Å². The zero-order valence-corrected chi connectivity index (χ0v) is 14.6. The first-order valence-electron chi connectivity index (χ1n) is 6.21. The van der Waals surface area contributed by atoms with Crippen LogP contribution in [0, 0.1) is 3.57 Å². The lowest BCUT2D eigenvalue weighted by atomic mass is 10.1. The minimum absolute atomic E-state index is 0.242. The highest BCUT2D eigenvalue weighted by Crippen LogP contribution is 2.27. The number of nitrogens with zero attached hydrogens (tertiary/aromatic N) is 1. The number of hydrogen-bond acceptors (Lipinski definition) is 3. The Kier molecular flexibility index (Phi) is 4.95. The van der Waals surface area contributed by atoms with Crippen LogP contribution in [0.15, 0.2) is 36.4 Å². The highest BCUT2D eigenvalue weighted by Gasteiger charge is 2.15. The topological polar surface area (TPSA) is 58.4 Å². The molecule has 1 amide bonds. The largest absolute Gasteiger partial charge is 0.399 e. The van der Waals surface area contributed by atoms with Crippen LogP contribution in [0.2, 0.25) is 5.02 Å². The van der Waals surface area contributed by atoms with Crippen molar-refractivity contribution >= 4 is 57.2 Å². The highest BCUT2D eigenvalue weighted by molar-refractivity contribution is 14.1. The van der Waals surface area contributed by atoms with E-state index in [4.69, 9.17) is 17.3 Å². The summed E-state index contributed by atoms with van der Waals surface area (Å²) in [5.41, 5.74) is 8.21. The first kappa shape index (κ1) is 15.9. The third-order valence-corrected chi connectivity index (χ3v) is 3.91. The summed E-state index contributed by atoms with van der Waals surface area (Å²) in [5, 5.41) is 3.32. The first-order valence-corrected chi connectivity index (χ1v) is 7.67. The molecule has 2 aromatic rings. The van der Waals surface area contributed by atoms with Crippen molar-refractivity contribution in [3.05, 3.63) is 50.6 Å². The molecule has 0 bridgehead atoms. The van der Waals surface area contributed by atoms with Crippen LogP contribution < -0.4 is 16.0 Å². The van der Waals surface area contributed by atoms with Gasteiger partial charge in [0.2, 0.25) is 0 Å². The van der Waals surface area contributed by atoms with E-state index in [2.05, 4.69) is 27.9 Å². The third kappa shape index (κ3) is 3.79. The monoisotopic (exact) mass is 415 g/mol. The SMILES string of the molecule is CN(C)c1ccc(N)cc1C(=O)Nc1ccc(I)cc1Cl. The van der Waals surface area contributed by atoms with E-state index in [1.54, 1.807) is 24.3 Å². The van der Waals surface area contributed by atoms with Gasteiger partial charge in [0.1, 0.15) is 0 Å². The van der Waals surface area contributed by atoms with Crippen LogP contribution in [0.25, 0.3) is 0 Å². The van der Waals surface area contributed by atoms with Crippen molar-refractivity contribution in [1.29, 1.82) is 0 Å². The number of carbonyl (C=O) groups excluding carboxylic acids is 1. The number of carbonyl (C=O) groups is 1. The first-order chi connectivity index (χ1) is 9.88. The molecule has 0 aliphatic rings. The van der Waals surface area contributed by atoms with Crippen molar-refractivity contribution < 1.29 is 4.79 Å². The molecule has 0 fully saturated rings. The molecule has 0 heterocycles. The van der Waals surface area contributed by atoms with Crippen LogP contribution in [0.4, 0.5) is 17.1 Å². The van der Waals surface area contributed by atoms with E-state index in [9.17, 15) is 4.79 Å². The highest BCUT2D eigenvalue weighted by atomic mass is 127. The van der Waals surface area contributed by atoms with E-state index in [-0.39, 0.29) is 5.91 Å². The van der Waals surface area contributed by atoms with Crippen molar-refractivity contribution in [3.8, 4) is 0 Å². The predicted octanol–water partition coefficient (Wildman–Crippen LogP) is 3.85. The molecule has 0 unspecified atom stereocenters. The quantitative estimate of drug-likeness (QED) is 0.591. The molecule has 0 saturated carbocycles. The molecule has 0 aromatic heterocycles. The van der Waals surface area contributed by atoms with Crippen LogP contribution >= 0.6 is 34.2 Å². The van der Waals surface area contributed by atoms with Crippen molar-refractivity contribution in [2.24, 2.45) is 0 Å². The Morgan fingerprint density at radius 2 is 1.95 bits per heavy atom. The number of nitrogen functional groups attached to an aromatic ring is 1. The van der Waals surface area contributed by atoms with Gasteiger partial charge in [-0.05, 0) is 59.0 Å². The molecule has 0 atom stereocenters. The molecule has 2 rings (SSSR count). The summed E-state index contributed by atoms with van der Waals surface area (Å²) in [6, 6.07) is 10.7. The minimum Gasteiger partial charge on any atom is -0.399 e. The summed E-state index contributed by atoms with van der Waals surface area (Å²) >= 11 is 8.31. The lowest BCUT2D eigenvalue weighted by Gasteiger charge is -2.18. The summed E-state index contributed by atoms with van der Waals surface area (Å²) in [6.45, 7) is 0. The van der Waals surface area contributed by atoms with Gasteiger partial charge in [-0.2, -0.15) is 0 Å². The number of halogens is 2. The maximum Gasteiger partial charge on any atom is 0.257 e. The zero-order chi connectivity index (χ0) is 15.6. The van der Waals surface area contributed by atoms with E-state index in [0.717, 1.165) is 9.26 Å². The Hall–Kier alpha value is -1.47. The number of hydrogen-bond donors (Lipinski definition) is 2. The lowest BCUT2D eigenvalue weighted by Crippen LogP contribution is -2.19. The average Bonchev–Trinajstić information content (AvgIpc) is 2.41. The summed E-state index contributed by atoms with van der Waals surface area (Å²) in [6.07, 6.45) is 0. The Labute approximate surface area is 142 Å². The molecule has 21 heavy (non-hydrogen) atoms. The molecule has 0 spiro atoms. The van der Waals surface area contributed by atoms with Gasteiger partial charge in [0.25, 0.3) is 5.91 Å². The molecule has 2 aromatic carbocycles. The van der Waals surface area contributed by atoms with Crippen LogP contribution in [0.5, 0.6) is 0 Å². The Morgan fingerprint density at radius 1 is 1.24 bits per heavy atom. The van der Waals surface area contributed by atoms with Gasteiger partial charge in [0, 0.05) is 29.0 Å². The Balaban J connectivity index is 2.34. The Morgan fingerprint density at radius 3 is 2.57 bits per heavy atom. The van der Waals surface area contributed by atoms with E-state index in [1.165, 1.54) is 0 Å². The van der Waals surface area contributed by atoms with Gasteiger partial charge >= 0.3 is 0 Å². The van der Waals surface area contributed by atoms with E-state index < -0.39 is 0 Å². The van der Waals surface area contributed by atoms with Gasteiger partial charge < -0.3 is 16.0 Å². The smallest absolute Gasteiger partial charge is 0.257 e. The number of nitrogens with one attached hydrogen (secondary N) is 1. The molecule has 0 aliphatic heterocycles. The number of anilines is 3. The van der Waals surface area contributed by atoms with Crippen molar-refractivity contribution in [3.63, 3.8) is 0 Å². The Bertz CT molecular complexity index is 689. The number of amides is 1. The second kappa shape index (κ2) is 6.53. The summed E-state index contributed by atoms with van der Waals surface area (Å²) < 4.78 is 1.01. The third-order valence-electron chi connectivity index (χ3n) is 2.93. The van der Waals surface area contributed by atoms with Gasteiger partial charge in [-0.3, -0.25) is 4.79 Å². The maximum atomic E-state index is 12.5. The molecule has 3 N–H and O–H groups in total. The van der Waals surface area contributed by atoms with E-state index in [0.29, 0.717) is 22.0 Å². The second-order valence-electron chi connectivity index (χ2n) is 4.75. The van der Waals surface area contributed by atoms with E-state index in [1.807, 2.05) is 31.1 Å². The molecule has 6 heteroatoms. The molecule has 0 aliphatic carbocycles. The average molecular weight is 416 g/mol. The molecule has 110 valence electrons. The maximum absolute atomic E-state index is 12.5. The molecule has 0 saturated heterocycles. The number of rotatable bonds is 3. The summed E-state index contributed by atoms with van der Waals surface area (Å²) in [7, 11) is 3.75. The van der Waals surface area contributed by atoms with Crippen molar-refractivity contribution in [2.75, 3.05) is 30.0 Å². The van der Waals surface area contributed by atoms with Crippen LogP contribution in [0.3, 0.4) is 0 Å². The van der Waals surface area contributed by atoms with Crippen molar-refractivity contribution in [2.45, 2.75) is 0 Å². The minimum atomic E-state index is -0.242. The normalized spacial score (nSPS) is 10.3. The van der Waals surface area contributed by atoms with Gasteiger partial charge in [0.15, 0.2) is 0 Å². The summed E-state index contributed by atoms with van der Waals surface area (Å²) in [4.78, 5) is 14.3. The van der Waals surface area contributed by atoms with Gasteiger partial charge in [-0.1, -0.05) is 11.6 Å². The number of benzene rings is 2. The fraction of sp³-hybridized carbons (Fsp3) is 0.133. The predicted molar refractivity (Wildman–Crippen MR) is 97.3 cm³/mol. The molecule has 4 nitrogen and oxygen atoms in total. The zero-order valence-electron chi connectivity index (χ0n) is 11.7. The second-order valence-corrected chi connectivity index (χ2v) is 6.40. The van der Waals surface area contributed by atoms with Gasteiger partial charge in [-0.15, -0.1) is 0 Å². The lowest BCUT2D eigenvalue weighted by molar-refractivity contribution is 0.102. The summed E-state index contributed by atoms with van der Waals surface area (Å²) in [5.74, 6) is -0.242. The molecule has 0 radical (unpaired) electrons. The van der Waals surface area contributed by atoms with Gasteiger partial charge in [0.05, 0.1) is 16.3 Å². The van der Waals surface area contributed by atoms with E-state index >= 15 is 0 Å².